The molecule has 0 fully saturated rings. The standard InChI is InChI=1S/C15H25N7O8/c16-6(3-10(18)24)13(27)20-5-12(26)21-8(4-11(19)25)14(28)22-7(15(29)30)1-2-9(17)23/h6-8H,1-5,16H2,(H2,17,23)(H2,18,24)(H2,19,25)(H,20,27)(H,21,26)(H,22,28)(H,29,30). The Morgan fingerprint density at radius 2 is 1.33 bits per heavy atom. The van der Waals surface area contributed by atoms with Gasteiger partial charge in [-0.25, -0.2) is 4.79 Å². The Hall–Kier alpha value is -3.75. The Bertz CT molecular complexity index is 711. The SMILES string of the molecule is NC(=O)CCC(NC(=O)C(CC(N)=O)NC(=O)CNC(=O)C(N)CC(N)=O)C(=O)O. The van der Waals surface area contributed by atoms with Crippen molar-refractivity contribution in [2.45, 2.75) is 43.8 Å². The predicted octanol–water partition coefficient (Wildman–Crippen LogP) is -5.50. The minimum Gasteiger partial charge on any atom is -0.480 e. The molecule has 0 bridgehead atoms. The number of aliphatic carboxylic acids is 1. The lowest BCUT2D eigenvalue weighted by Crippen LogP contribution is -2.54. The molecule has 168 valence electrons. The van der Waals surface area contributed by atoms with Gasteiger partial charge in [0.25, 0.3) is 0 Å². The van der Waals surface area contributed by atoms with Crippen molar-refractivity contribution in [2.24, 2.45) is 22.9 Å². The first-order valence-corrected chi connectivity index (χ1v) is 8.54. The van der Waals surface area contributed by atoms with Crippen LogP contribution in [0.1, 0.15) is 25.7 Å². The molecule has 12 N–H and O–H groups in total. The summed E-state index contributed by atoms with van der Waals surface area (Å²) in [5, 5.41) is 15.4. The maximum Gasteiger partial charge on any atom is 0.326 e. The lowest BCUT2D eigenvalue weighted by atomic mass is 10.1. The molecular formula is C15H25N7O8. The molecule has 0 radical (unpaired) electrons. The molecule has 0 aromatic rings. The highest BCUT2D eigenvalue weighted by Gasteiger charge is 2.28. The van der Waals surface area contributed by atoms with Crippen LogP contribution in [0, 0.1) is 0 Å². The molecular weight excluding hydrogens is 406 g/mol. The second kappa shape index (κ2) is 12.7. The molecule has 3 atom stereocenters. The van der Waals surface area contributed by atoms with E-state index in [2.05, 4.69) is 16.0 Å². The van der Waals surface area contributed by atoms with E-state index in [1.807, 2.05) is 0 Å². The van der Waals surface area contributed by atoms with Crippen molar-refractivity contribution in [2.75, 3.05) is 6.54 Å². The first-order valence-electron chi connectivity index (χ1n) is 8.54. The van der Waals surface area contributed by atoms with Crippen molar-refractivity contribution >= 4 is 41.4 Å². The van der Waals surface area contributed by atoms with Gasteiger partial charge in [0.15, 0.2) is 0 Å². The van der Waals surface area contributed by atoms with Crippen LogP contribution in [0.5, 0.6) is 0 Å². The molecule has 15 heteroatoms. The highest BCUT2D eigenvalue weighted by Crippen LogP contribution is 2.00. The number of hydrogen-bond donors (Lipinski definition) is 8. The number of nitrogens with one attached hydrogen (secondary N) is 3. The van der Waals surface area contributed by atoms with Crippen molar-refractivity contribution < 1.29 is 38.7 Å². The molecule has 0 heterocycles. The molecule has 0 aromatic carbocycles. The van der Waals surface area contributed by atoms with Crippen LogP contribution in [0.2, 0.25) is 0 Å². The fourth-order valence-electron chi connectivity index (χ4n) is 2.08. The number of carbonyl (C=O) groups excluding carboxylic acids is 6. The number of hydrogen-bond acceptors (Lipinski definition) is 8. The van der Waals surface area contributed by atoms with Gasteiger partial charge in [-0.1, -0.05) is 0 Å². The summed E-state index contributed by atoms with van der Waals surface area (Å²) in [7, 11) is 0. The Morgan fingerprint density at radius 3 is 1.80 bits per heavy atom. The van der Waals surface area contributed by atoms with Gasteiger partial charge < -0.3 is 44.0 Å². The molecule has 0 rings (SSSR count). The van der Waals surface area contributed by atoms with Crippen LogP contribution in [0.25, 0.3) is 0 Å². The average Bonchev–Trinajstić information content (AvgIpc) is 2.60. The summed E-state index contributed by atoms with van der Waals surface area (Å²) >= 11 is 0. The largest absolute Gasteiger partial charge is 0.480 e. The minimum atomic E-state index is -1.55. The van der Waals surface area contributed by atoms with Gasteiger partial charge in [0, 0.05) is 6.42 Å². The number of carboxylic acid groups (broad SMARTS) is 1. The minimum absolute atomic E-state index is 0.318. The number of carbonyl (C=O) groups is 7. The Morgan fingerprint density at radius 1 is 0.767 bits per heavy atom. The summed E-state index contributed by atoms with van der Waals surface area (Å²) < 4.78 is 0. The summed E-state index contributed by atoms with van der Waals surface area (Å²) in [6.07, 6.45) is -1.78. The predicted molar refractivity (Wildman–Crippen MR) is 98.5 cm³/mol. The van der Waals surface area contributed by atoms with Crippen LogP contribution in [-0.4, -0.2) is 71.2 Å². The van der Waals surface area contributed by atoms with Gasteiger partial charge in [0.2, 0.25) is 35.4 Å². The van der Waals surface area contributed by atoms with Crippen LogP contribution in [-0.2, 0) is 33.6 Å². The first kappa shape index (κ1) is 26.2. The molecule has 0 saturated heterocycles. The Labute approximate surface area is 170 Å². The zero-order chi connectivity index (χ0) is 23.4. The number of rotatable bonds is 14. The molecule has 0 spiro atoms. The van der Waals surface area contributed by atoms with Crippen LogP contribution < -0.4 is 38.9 Å². The normalized spacial score (nSPS) is 13.2. The highest BCUT2D eigenvalue weighted by molar-refractivity contribution is 5.95. The highest BCUT2D eigenvalue weighted by atomic mass is 16.4. The third-order valence-corrected chi connectivity index (χ3v) is 3.53. The van der Waals surface area contributed by atoms with Crippen molar-refractivity contribution in [3.05, 3.63) is 0 Å². The Kier molecular flexibility index (Phi) is 11.1. The van der Waals surface area contributed by atoms with E-state index in [9.17, 15) is 33.6 Å². The van der Waals surface area contributed by atoms with Crippen molar-refractivity contribution in [3.8, 4) is 0 Å². The summed E-state index contributed by atoms with van der Waals surface area (Å²) in [5.74, 6) is -6.92. The van der Waals surface area contributed by atoms with Crippen LogP contribution in [0.3, 0.4) is 0 Å². The lowest BCUT2D eigenvalue weighted by Gasteiger charge is -2.20. The maximum atomic E-state index is 12.3. The average molecular weight is 431 g/mol. The summed E-state index contributed by atoms with van der Waals surface area (Å²) in [6, 6.07) is -4.35. The molecule has 0 aliphatic heterocycles. The van der Waals surface area contributed by atoms with E-state index in [0.717, 1.165) is 0 Å². The third kappa shape index (κ3) is 11.2. The van der Waals surface area contributed by atoms with E-state index < -0.39 is 78.9 Å². The number of nitrogens with two attached hydrogens (primary N) is 4. The van der Waals surface area contributed by atoms with Gasteiger partial charge in [-0.15, -0.1) is 0 Å². The zero-order valence-corrected chi connectivity index (χ0v) is 15.9. The van der Waals surface area contributed by atoms with Crippen LogP contribution in [0.15, 0.2) is 0 Å². The van der Waals surface area contributed by atoms with Crippen LogP contribution in [0.4, 0.5) is 0 Å². The van der Waals surface area contributed by atoms with Gasteiger partial charge in [-0.3, -0.25) is 28.8 Å². The molecule has 15 nitrogen and oxygen atoms in total. The second-order valence-corrected chi connectivity index (χ2v) is 6.19. The fraction of sp³-hybridized carbons (Fsp3) is 0.533. The molecule has 30 heavy (non-hydrogen) atoms. The van der Waals surface area contributed by atoms with Gasteiger partial charge >= 0.3 is 5.97 Å². The summed E-state index contributed by atoms with van der Waals surface area (Å²) in [5.41, 5.74) is 20.3. The fourth-order valence-corrected chi connectivity index (χ4v) is 2.08. The van der Waals surface area contributed by atoms with E-state index in [-0.39, 0.29) is 12.8 Å². The topological polar surface area (TPSA) is 280 Å². The monoisotopic (exact) mass is 431 g/mol. The smallest absolute Gasteiger partial charge is 0.326 e. The molecule has 0 aromatic heterocycles. The molecule has 3 unspecified atom stereocenters. The van der Waals surface area contributed by atoms with Crippen LogP contribution >= 0.6 is 0 Å². The molecule has 0 aliphatic rings. The Balaban J connectivity index is 4.94. The summed E-state index contributed by atoms with van der Waals surface area (Å²) in [4.78, 5) is 79.8. The van der Waals surface area contributed by atoms with Gasteiger partial charge in [0.05, 0.1) is 25.4 Å². The number of primary amides is 3. The van der Waals surface area contributed by atoms with Gasteiger partial charge in [-0.2, -0.15) is 0 Å². The quantitative estimate of drug-likeness (QED) is 0.130. The number of amides is 6. The van der Waals surface area contributed by atoms with Crippen molar-refractivity contribution in [3.63, 3.8) is 0 Å². The van der Waals surface area contributed by atoms with Crippen molar-refractivity contribution in [1.82, 2.24) is 16.0 Å². The maximum absolute atomic E-state index is 12.3. The van der Waals surface area contributed by atoms with E-state index in [0.29, 0.717) is 0 Å². The molecule has 6 amide bonds. The van der Waals surface area contributed by atoms with Gasteiger partial charge in [0.1, 0.15) is 12.1 Å². The van der Waals surface area contributed by atoms with E-state index in [1.165, 1.54) is 0 Å². The van der Waals surface area contributed by atoms with E-state index >= 15 is 0 Å². The molecule has 0 aliphatic carbocycles. The summed E-state index contributed by atoms with van der Waals surface area (Å²) in [6.45, 7) is -0.669. The van der Waals surface area contributed by atoms with E-state index in [4.69, 9.17) is 28.0 Å². The third-order valence-electron chi connectivity index (χ3n) is 3.53. The second-order valence-electron chi connectivity index (χ2n) is 6.19. The van der Waals surface area contributed by atoms with Crippen molar-refractivity contribution in [1.29, 1.82) is 0 Å². The lowest BCUT2D eigenvalue weighted by molar-refractivity contribution is -0.142. The number of carboxylic acids is 1. The van der Waals surface area contributed by atoms with E-state index in [1.54, 1.807) is 0 Å². The van der Waals surface area contributed by atoms with Gasteiger partial charge in [-0.05, 0) is 6.42 Å². The zero-order valence-electron chi connectivity index (χ0n) is 15.9. The molecule has 0 saturated carbocycles. The first-order chi connectivity index (χ1) is 13.8.